The van der Waals surface area contributed by atoms with Gasteiger partial charge in [0.25, 0.3) is 0 Å². The molecule has 4 rings (SSSR count). The van der Waals surface area contributed by atoms with E-state index < -0.39 is 17.6 Å². The molecule has 3 N–H and O–H groups in total. The van der Waals surface area contributed by atoms with Gasteiger partial charge in [0.1, 0.15) is 5.82 Å². The monoisotopic (exact) mass is 575 g/mol. The van der Waals surface area contributed by atoms with Crippen LogP contribution in [0, 0.1) is 16.3 Å². The Morgan fingerprint density at radius 2 is 1.88 bits per heavy atom. The number of anilines is 4. The maximum atomic E-state index is 14.9. The predicted octanol–water partition coefficient (Wildman–Crippen LogP) is 5.57. The Morgan fingerprint density at radius 3 is 2.52 bits per heavy atom. The summed E-state index contributed by atoms with van der Waals surface area (Å²) < 4.78 is 57.2. The van der Waals surface area contributed by atoms with Crippen molar-refractivity contribution in [3.8, 4) is 0 Å². The summed E-state index contributed by atoms with van der Waals surface area (Å²) in [4.78, 5) is 10.4. The van der Waals surface area contributed by atoms with Gasteiger partial charge in [-0.1, -0.05) is 0 Å². The van der Waals surface area contributed by atoms with E-state index in [0.29, 0.717) is 41.1 Å². The fraction of sp³-hybridized carbons (Fsp3) is 0.381. The van der Waals surface area contributed by atoms with Gasteiger partial charge in [-0.15, -0.1) is 0 Å². The molecular formula is C21H22F4IN7. The molecule has 12 heteroatoms. The number of piperidine rings is 1. The van der Waals surface area contributed by atoms with Crippen LogP contribution in [0.25, 0.3) is 0 Å². The van der Waals surface area contributed by atoms with Crippen LogP contribution in [0.15, 0.2) is 24.4 Å². The van der Waals surface area contributed by atoms with Gasteiger partial charge < -0.3 is 15.5 Å². The highest BCUT2D eigenvalue weighted by atomic mass is 127. The van der Waals surface area contributed by atoms with Gasteiger partial charge in [0.15, 0.2) is 11.6 Å². The third-order valence-electron chi connectivity index (χ3n) is 5.55. The molecular weight excluding hydrogens is 553 g/mol. The van der Waals surface area contributed by atoms with Crippen LogP contribution in [0.1, 0.15) is 35.6 Å². The van der Waals surface area contributed by atoms with Crippen molar-refractivity contribution in [1.82, 2.24) is 25.1 Å². The minimum atomic E-state index is -4.61. The quantitative estimate of drug-likeness (QED) is 0.273. The number of rotatable bonds is 5. The highest BCUT2D eigenvalue weighted by Gasteiger charge is 2.37. The summed E-state index contributed by atoms with van der Waals surface area (Å²) >= 11 is 2.01. The zero-order chi connectivity index (χ0) is 23.8. The molecule has 1 aliphatic rings. The van der Waals surface area contributed by atoms with Crippen LogP contribution in [0.2, 0.25) is 0 Å². The summed E-state index contributed by atoms with van der Waals surface area (Å²) in [6, 6.07) is 3.58. The van der Waals surface area contributed by atoms with Crippen LogP contribution < -0.4 is 10.6 Å². The molecule has 0 aliphatic carbocycles. The standard InChI is InChI=1S/C21H22F4IN7/c1-11-7-18(32-31-11)29-19-16(26)10-27-20(30-19)28-17-9-14(21(23,24)25)13(8-15(17)22)12-3-5-33(2)6-4-12/h7-10,12H,3-6H2,1-2H3,(H3,27,28,29,30,31,32). The number of aromatic nitrogens is 4. The Labute approximate surface area is 201 Å². The van der Waals surface area contributed by atoms with Gasteiger partial charge in [-0.2, -0.15) is 23.3 Å². The maximum Gasteiger partial charge on any atom is 0.416 e. The number of hydrogen-bond acceptors (Lipinski definition) is 6. The first-order chi connectivity index (χ1) is 15.6. The van der Waals surface area contributed by atoms with E-state index >= 15 is 0 Å². The smallest absolute Gasteiger partial charge is 0.322 e. The van der Waals surface area contributed by atoms with E-state index in [1.54, 1.807) is 6.07 Å². The lowest BCUT2D eigenvalue weighted by atomic mass is 9.86. The Bertz CT molecular complexity index is 1140. The summed E-state index contributed by atoms with van der Waals surface area (Å²) in [6.45, 7) is 3.18. The summed E-state index contributed by atoms with van der Waals surface area (Å²) in [6.07, 6.45) is -2.03. The van der Waals surface area contributed by atoms with E-state index in [-0.39, 0.29) is 23.1 Å². The molecule has 0 radical (unpaired) electrons. The number of nitrogens with one attached hydrogen (secondary N) is 3. The molecule has 3 heterocycles. The first-order valence-corrected chi connectivity index (χ1v) is 11.4. The lowest BCUT2D eigenvalue weighted by Gasteiger charge is -2.31. The van der Waals surface area contributed by atoms with E-state index in [9.17, 15) is 17.6 Å². The van der Waals surface area contributed by atoms with E-state index in [1.807, 2.05) is 36.6 Å². The van der Waals surface area contributed by atoms with E-state index in [0.717, 1.165) is 17.8 Å². The zero-order valence-electron chi connectivity index (χ0n) is 17.9. The minimum absolute atomic E-state index is 0.00145. The lowest BCUT2D eigenvalue weighted by molar-refractivity contribution is -0.138. The second kappa shape index (κ2) is 9.41. The third-order valence-corrected chi connectivity index (χ3v) is 6.34. The first-order valence-electron chi connectivity index (χ1n) is 10.3. The predicted molar refractivity (Wildman–Crippen MR) is 126 cm³/mol. The average molecular weight is 575 g/mol. The lowest BCUT2D eigenvalue weighted by Crippen LogP contribution is -2.30. The normalized spacial score (nSPS) is 15.6. The van der Waals surface area contributed by atoms with Crippen molar-refractivity contribution >= 4 is 45.9 Å². The average Bonchev–Trinajstić information content (AvgIpc) is 3.16. The van der Waals surface area contributed by atoms with E-state index in [2.05, 4.69) is 35.7 Å². The number of benzene rings is 1. The summed E-state index contributed by atoms with van der Waals surface area (Å²) in [5, 5.41) is 12.5. The van der Waals surface area contributed by atoms with Crippen molar-refractivity contribution in [1.29, 1.82) is 0 Å². The molecule has 7 nitrogen and oxygen atoms in total. The van der Waals surface area contributed by atoms with Crippen molar-refractivity contribution in [2.24, 2.45) is 0 Å². The van der Waals surface area contributed by atoms with E-state index in [4.69, 9.17) is 0 Å². The van der Waals surface area contributed by atoms with Gasteiger partial charge in [-0.3, -0.25) is 5.10 Å². The molecule has 0 unspecified atom stereocenters. The molecule has 1 saturated heterocycles. The fourth-order valence-electron chi connectivity index (χ4n) is 3.83. The van der Waals surface area contributed by atoms with Crippen molar-refractivity contribution in [2.75, 3.05) is 30.8 Å². The van der Waals surface area contributed by atoms with E-state index in [1.165, 1.54) is 6.20 Å². The Kier molecular flexibility index (Phi) is 6.75. The highest BCUT2D eigenvalue weighted by Crippen LogP contribution is 2.41. The molecule has 0 saturated carbocycles. The van der Waals surface area contributed by atoms with Crippen molar-refractivity contribution in [3.63, 3.8) is 0 Å². The molecule has 1 aliphatic heterocycles. The minimum Gasteiger partial charge on any atom is -0.322 e. The van der Waals surface area contributed by atoms with Gasteiger partial charge in [-0.05, 0) is 86.1 Å². The molecule has 0 amide bonds. The third kappa shape index (κ3) is 5.54. The Balaban J connectivity index is 1.63. The molecule has 176 valence electrons. The van der Waals surface area contributed by atoms with Gasteiger partial charge in [0.2, 0.25) is 5.95 Å². The molecule has 33 heavy (non-hydrogen) atoms. The number of likely N-dealkylation sites (tertiary alicyclic amines) is 1. The second-order valence-corrected chi connectivity index (χ2v) is 9.23. The van der Waals surface area contributed by atoms with Crippen LogP contribution in [-0.2, 0) is 6.18 Å². The topological polar surface area (TPSA) is 81.8 Å². The van der Waals surface area contributed by atoms with Gasteiger partial charge >= 0.3 is 6.18 Å². The zero-order valence-corrected chi connectivity index (χ0v) is 20.1. The second-order valence-electron chi connectivity index (χ2n) is 8.07. The number of aryl methyl sites for hydroxylation is 1. The maximum absolute atomic E-state index is 14.9. The van der Waals surface area contributed by atoms with Gasteiger partial charge in [0, 0.05) is 18.0 Å². The number of nitrogens with zero attached hydrogens (tertiary/aromatic N) is 4. The Hall–Kier alpha value is -2.48. The molecule has 0 bridgehead atoms. The summed E-state index contributed by atoms with van der Waals surface area (Å²) in [5.41, 5.74) is -0.330. The largest absolute Gasteiger partial charge is 0.416 e. The first kappa shape index (κ1) is 23.7. The molecule has 1 aromatic carbocycles. The van der Waals surface area contributed by atoms with Crippen LogP contribution >= 0.6 is 22.6 Å². The van der Waals surface area contributed by atoms with Crippen molar-refractivity contribution in [3.05, 3.63) is 50.6 Å². The number of aromatic amines is 1. The van der Waals surface area contributed by atoms with Crippen LogP contribution in [0.4, 0.5) is 40.8 Å². The van der Waals surface area contributed by atoms with Crippen LogP contribution in [0.5, 0.6) is 0 Å². The number of H-pyrrole nitrogens is 1. The number of hydrogen-bond donors (Lipinski definition) is 3. The highest BCUT2D eigenvalue weighted by molar-refractivity contribution is 14.1. The summed E-state index contributed by atoms with van der Waals surface area (Å²) in [7, 11) is 1.92. The van der Waals surface area contributed by atoms with Crippen LogP contribution in [0.3, 0.4) is 0 Å². The fourth-order valence-corrected chi connectivity index (χ4v) is 4.22. The molecule has 2 aromatic heterocycles. The van der Waals surface area contributed by atoms with Gasteiger partial charge in [-0.25, -0.2) is 9.37 Å². The molecule has 1 fully saturated rings. The van der Waals surface area contributed by atoms with Gasteiger partial charge in [0.05, 0.1) is 14.8 Å². The van der Waals surface area contributed by atoms with Crippen molar-refractivity contribution < 1.29 is 17.6 Å². The molecule has 3 aromatic rings. The Morgan fingerprint density at radius 1 is 1.15 bits per heavy atom. The molecule has 0 atom stereocenters. The SMILES string of the molecule is Cc1cc(Nc2nc(Nc3cc(C(F)(F)F)c(C4CCN(C)CC4)cc3F)ncc2I)n[nH]1. The van der Waals surface area contributed by atoms with Crippen LogP contribution in [-0.4, -0.2) is 45.2 Å². The van der Waals surface area contributed by atoms with Crippen molar-refractivity contribution in [2.45, 2.75) is 31.9 Å². The number of alkyl halides is 3. The number of halogens is 5. The summed E-state index contributed by atoms with van der Waals surface area (Å²) in [5.74, 6) is -0.258. The molecule has 0 spiro atoms.